The topological polar surface area (TPSA) is 28.2 Å². The van der Waals surface area contributed by atoms with Crippen LogP contribution in [0.3, 0.4) is 0 Å². The van der Waals surface area contributed by atoms with E-state index in [1.165, 1.54) is 5.56 Å². The Morgan fingerprint density at radius 2 is 2.00 bits per heavy atom. The van der Waals surface area contributed by atoms with Crippen LogP contribution >= 0.6 is 15.9 Å². The Bertz CT molecular complexity index is 349. The molecule has 0 aliphatic heterocycles. The van der Waals surface area contributed by atoms with Crippen LogP contribution in [0.25, 0.3) is 0 Å². The monoisotopic (exact) mass is 299 g/mol. The van der Waals surface area contributed by atoms with Gasteiger partial charge in [-0.15, -0.1) is 0 Å². The van der Waals surface area contributed by atoms with Gasteiger partial charge in [0.1, 0.15) is 5.82 Å². The molecule has 0 fully saturated rings. The highest BCUT2D eigenvalue weighted by molar-refractivity contribution is 9.10. The van der Waals surface area contributed by atoms with E-state index in [0.717, 1.165) is 29.9 Å². The van der Waals surface area contributed by atoms with E-state index < -0.39 is 0 Å². The van der Waals surface area contributed by atoms with Gasteiger partial charge in [0, 0.05) is 41.9 Å². The largest absolute Gasteiger partial charge is 0.357 e. The molecule has 1 N–H and O–H groups in total. The third-order valence-electron chi connectivity index (χ3n) is 2.67. The van der Waals surface area contributed by atoms with Crippen molar-refractivity contribution in [3.63, 3.8) is 0 Å². The van der Waals surface area contributed by atoms with Crippen molar-refractivity contribution < 1.29 is 0 Å². The molecule has 0 saturated heterocycles. The summed E-state index contributed by atoms with van der Waals surface area (Å²) >= 11 is 3.49. The van der Waals surface area contributed by atoms with Crippen LogP contribution in [0, 0.1) is 0 Å². The number of hydrogen-bond acceptors (Lipinski definition) is 3. The van der Waals surface area contributed by atoms with Crippen LogP contribution in [-0.4, -0.2) is 24.1 Å². The van der Waals surface area contributed by atoms with Gasteiger partial charge in [0.15, 0.2) is 0 Å². The first-order valence-electron chi connectivity index (χ1n) is 6.21. The molecule has 0 saturated carbocycles. The number of rotatable bonds is 6. The zero-order valence-corrected chi connectivity index (χ0v) is 12.7. The van der Waals surface area contributed by atoms with Gasteiger partial charge >= 0.3 is 0 Å². The third kappa shape index (κ3) is 4.28. The van der Waals surface area contributed by atoms with E-state index in [2.05, 4.69) is 64.9 Å². The van der Waals surface area contributed by atoms with Crippen molar-refractivity contribution in [2.24, 2.45) is 0 Å². The molecule has 0 amide bonds. The van der Waals surface area contributed by atoms with Gasteiger partial charge in [0.25, 0.3) is 0 Å². The summed E-state index contributed by atoms with van der Waals surface area (Å²) in [6.07, 6.45) is 1.87. The molecule has 1 aromatic heterocycles. The Morgan fingerprint density at radius 3 is 2.53 bits per heavy atom. The minimum absolute atomic E-state index is 0.485. The van der Waals surface area contributed by atoms with Gasteiger partial charge in [-0.25, -0.2) is 4.98 Å². The number of nitrogens with zero attached hydrogens (tertiary/aromatic N) is 2. The van der Waals surface area contributed by atoms with Crippen molar-refractivity contribution in [2.45, 2.75) is 40.3 Å². The number of anilines is 1. The molecule has 0 aliphatic rings. The lowest BCUT2D eigenvalue weighted by atomic mass is 10.2. The second kappa shape index (κ2) is 6.97. The Hall–Kier alpha value is -0.610. The average molecular weight is 300 g/mol. The summed E-state index contributed by atoms with van der Waals surface area (Å²) in [5.41, 5.74) is 1.25. The highest BCUT2D eigenvalue weighted by Crippen LogP contribution is 2.21. The molecule has 0 unspecified atom stereocenters. The number of nitrogens with one attached hydrogen (secondary N) is 1. The minimum Gasteiger partial charge on any atom is -0.357 e. The fourth-order valence-corrected chi connectivity index (χ4v) is 2.10. The van der Waals surface area contributed by atoms with E-state index in [1.54, 1.807) is 0 Å². The molecule has 0 aromatic carbocycles. The summed E-state index contributed by atoms with van der Waals surface area (Å²) in [6, 6.07) is 2.63. The Kier molecular flexibility index (Phi) is 5.92. The van der Waals surface area contributed by atoms with Crippen molar-refractivity contribution >= 4 is 21.7 Å². The van der Waals surface area contributed by atoms with Crippen LogP contribution in [-0.2, 0) is 6.54 Å². The van der Waals surface area contributed by atoms with Crippen molar-refractivity contribution in [3.8, 4) is 0 Å². The SMILES string of the molecule is CCN(CC)c1ncc(Br)cc1CNC(C)C. The van der Waals surface area contributed by atoms with Gasteiger partial charge in [0.05, 0.1) is 0 Å². The van der Waals surface area contributed by atoms with E-state index in [1.807, 2.05) is 6.20 Å². The molecule has 0 bridgehead atoms. The maximum Gasteiger partial charge on any atom is 0.133 e. The first-order valence-corrected chi connectivity index (χ1v) is 7.00. The normalized spacial score (nSPS) is 10.9. The summed E-state index contributed by atoms with van der Waals surface area (Å²) < 4.78 is 1.04. The first kappa shape index (κ1) is 14.5. The van der Waals surface area contributed by atoms with E-state index in [0.29, 0.717) is 6.04 Å². The summed E-state index contributed by atoms with van der Waals surface area (Å²) in [6.45, 7) is 11.5. The van der Waals surface area contributed by atoms with Gasteiger partial charge in [0.2, 0.25) is 0 Å². The van der Waals surface area contributed by atoms with Crippen LogP contribution in [0.1, 0.15) is 33.3 Å². The third-order valence-corrected chi connectivity index (χ3v) is 3.11. The van der Waals surface area contributed by atoms with Crippen LogP contribution < -0.4 is 10.2 Å². The van der Waals surface area contributed by atoms with Gasteiger partial charge in [-0.2, -0.15) is 0 Å². The standard InChI is InChI=1S/C13H22BrN3/c1-5-17(6-2)13-11(8-15-10(3)4)7-12(14)9-16-13/h7,9-10,15H,5-6,8H2,1-4H3. The van der Waals surface area contributed by atoms with Crippen LogP contribution in [0.5, 0.6) is 0 Å². The predicted octanol–water partition coefficient (Wildman–Crippen LogP) is 3.19. The molecule has 1 heterocycles. The second-order valence-electron chi connectivity index (χ2n) is 4.34. The molecule has 4 heteroatoms. The lowest BCUT2D eigenvalue weighted by Gasteiger charge is -2.23. The molecule has 0 aliphatic carbocycles. The van der Waals surface area contributed by atoms with Crippen molar-refractivity contribution in [1.29, 1.82) is 0 Å². The maximum absolute atomic E-state index is 4.54. The molecule has 17 heavy (non-hydrogen) atoms. The number of halogens is 1. The summed E-state index contributed by atoms with van der Waals surface area (Å²) in [7, 11) is 0. The van der Waals surface area contributed by atoms with E-state index in [4.69, 9.17) is 0 Å². The fourth-order valence-electron chi connectivity index (χ4n) is 1.73. The van der Waals surface area contributed by atoms with E-state index in [9.17, 15) is 0 Å². The lowest BCUT2D eigenvalue weighted by molar-refractivity contribution is 0.586. The molecule has 0 atom stereocenters. The summed E-state index contributed by atoms with van der Waals surface area (Å²) in [5.74, 6) is 1.09. The molecule has 0 radical (unpaired) electrons. The maximum atomic E-state index is 4.54. The Labute approximate surface area is 113 Å². The van der Waals surface area contributed by atoms with Crippen LogP contribution in [0.2, 0.25) is 0 Å². The first-order chi connectivity index (χ1) is 8.08. The summed E-state index contributed by atoms with van der Waals surface area (Å²) in [4.78, 5) is 6.82. The van der Waals surface area contributed by atoms with Crippen LogP contribution in [0.15, 0.2) is 16.7 Å². The van der Waals surface area contributed by atoms with Crippen LogP contribution in [0.4, 0.5) is 5.82 Å². The molecule has 0 spiro atoms. The molecule has 1 aromatic rings. The second-order valence-corrected chi connectivity index (χ2v) is 5.26. The minimum atomic E-state index is 0.485. The lowest BCUT2D eigenvalue weighted by Crippen LogP contribution is -2.27. The quantitative estimate of drug-likeness (QED) is 0.874. The van der Waals surface area contributed by atoms with Crippen molar-refractivity contribution in [1.82, 2.24) is 10.3 Å². The zero-order valence-electron chi connectivity index (χ0n) is 11.1. The smallest absolute Gasteiger partial charge is 0.133 e. The zero-order chi connectivity index (χ0) is 12.8. The number of pyridine rings is 1. The highest BCUT2D eigenvalue weighted by atomic mass is 79.9. The molecular weight excluding hydrogens is 278 g/mol. The van der Waals surface area contributed by atoms with E-state index in [-0.39, 0.29) is 0 Å². The van der Waals surface area contributed by atoms with Gasteiger partial charge in [-0.3, -0.25) is 0 Å². The Balaban J connectivity index is 2.94. The predicted molar refractivity (Wildman–Crippen MR) is 77.5 cm³/mol. The number of aromatic nitrogens is 1. The molecule has 3 nitrogen and oxygen atoms in total. The Morgan fingerprint density at radius 1 is 1.35 bits per heavy atom. The average Bonchev–Trinajstić information content (AvgIpc) is 2.30. The van der Waals surface area contributed by atoms with E-state index >= 15 is 0 Å². The summed E-state index contributed by atoms with van der Waals surface area (Å²) in [5, 5.41) is 3.44. The van der Waals surface area contributed by atoms with Gasteiger partial charge < -0.3 is 10.2 Å². The van der Waals surface area contributed by atoms with Gasteiger partial charge in [-0.1, -0.05) is 13.8 Å². The molecular formula is C13H22BrN3. The molecule has 1 rings (SSSR count). The highest BCUT2D eigenvalue weighted by Gasteiger charge is 2.10. The number of hydrogen-bond donors (Lipinski definition) is 1. The fraction of sp³-hybridized carbons (Fsp3) is 0.615. The van der Waals surface area contributed by atoms with Gasteiger partial charge in [-0.05, 0) is 35.8 Å². The molecule has 96 valence electrons. The van der Waals surface area contributed by atoms with Crippen molar-refractivity contribution in [3.05, 3.63) is 22.3 Å². The van der Waals surface area contributed by atoms with Crippen molar-refractivity contribution in [2.75, 3.05) is 18.0 Å².